The Morgan fingerprint density at radius 3 is 2.71 bits per heavy atom. The quantitative estimate of drug-likeness (QED) is 0.766. The number of hydrogen-bond acceptors (Lipinski definition) is 6. The monoisotopic (exact) mass is 418 g/mol. The van der Waals surface area contributed by atoms with E-state index >= 15 is 0 Å². The van der Waals surface area contributed by atoms with Gasteiger partial charge in [0.05, 0.1) is 17.6 Å². The first-order chi connectivity index (χ1) is 13.6. The number of amides is 2. The number of rotatable bonds is 4. The Balaban J connectivity index is 1.29. The number of hydrogen-bond donors (Lipinski definition) is 0. The lowest BCUT2D eigenvalue weighted by molar-refractivity contribution is -0.136. The van der Waals surface area contributed by atoms with Crippen molar-refractivity contribution in [3.8, 4) is 9.88 Å². The molecule has 1 unspecified atom stereocenters. The summed E-state index contributed by atoms with van der Waals surface area (Å²) in [5.74, 6) is 0.283. The van der Waals surface area contributed by atoms with Crippen molar-refractivity contribution in [1.82, 2.24) is 19.7 Å². The minimum Gasteiger partial charge on any atom is -0.339 e. The SMILES string of the molecule is CC1CCCCN1C(=O)CN1CCN(C(=O)c2cnc(-c3cccs3)s2)CC1. The summed E-state index contributed by atoms with van der Waals surface area (Å²) in [7, 11) is 0. The highest BCUT2D eigenvalue weighted by atomic mass is 32.1. The highest BCUT2D eigenvalue weighted by molar-refractivity contribution is 7.21. The van der Waals surface area contributed by atoms with Crippen LogP contribution in [0.1, 0.15) is 35.9 Å². The molecule has 0 spiro atoms. The number of carbonyl (C=O) groups is 2. The van der Waals surface area contributed by atoms with Gasteiger partial charge in [-0.25, -0.2) is 4.98 Å². The molecule has 2 aromatic rings. The lowest BCUT2D eigenvalue weighted by Gasteiger charge is -2.38. The van der Waals surface area contributed by atoms with Gasteiger partial charge in [-0.15, -0.1) is 22.7 Å². The second-order valence-corrected chi connectivity index (χ2v) is 9.49. The van der Waals surface area contributed by atoms with Crippen LogP contribution in [0.25, 0.3) is 9.88 Å². The van der Waals surface area contributed by atoms with E-state index in [4.69, 9.17) is 0 Å². The number of likely N-dealkylation sites (tertiary alicyclic amines) is 1. The topological polar surface area (TPSA) is 56.8 Å². The van der Waals surface area contributed by atoms with Crippen LogP contribution < -0.4 is 0 Å². The molecule has 2 aromatic heterocycles. The molecular formula is C20H26N4O2S2. The molecule has 0 saturated carbocycles. The van der Waals surface area contributed by atoms with Crippen LogP contribution in [0.5, 0.6) is 0 Å². The van der Waals surface area contributed by atoms with Gasteiger partial charge in [0.2, 0.25) is 5.91 Å². The number of piperidine rings is 1. The average Bonchev–Trinajstić information content (AvgIpc) is 3.40. The Hall–Kier alpha value is -1.77. The van der Waals surface area contributed by atoms with Gasteiger partial charge in [0.15, 0.2) is 0 Å². The van der Waals surface area contributed by atoms with Crippen molar-refractivity contribution in [2.45, 2.75) is 32.2 Å². The van der Waals surface area contributed by atoms with E-state index in [1.54, 1.807) is 17.5 Å². The summed E-state index contributed by atoms with van der Waals surface area (Å²) in [4.78, 5) is 37.7. The molecule has 1 atom stereocenters. The second-order valence-electron chi connectivity index (χ2n) is 7.51. The van der Waals surface area contributed by atoms with Gasteiger partial charge in [-0.3, -0.25) is 14.5 Å². The molecular weight excluding hydrogens is 392 g/mol. The van der Waals surface area contributed by atoms with Gasteiger partial charge in [-0.2, -0.15) is 0 Å². The van der Waals surface area contributed by atoms with Gasteiger partial charge in [0.25, 0.3) is 5.91 Å². The first-order valence-corrected chi connectivity index (χ1v) is 11.6. The van der Waals surface area contributed by atoms with E-state index in [9.17, 15) is 9.59 Å². The van der Waals surface area contributed by atoms with Crippen LogP contribution in [0.3, 0.4) is 0 Å². The normalized spacial score (nSPS) is 21.1. The maximum atomic E-state index is 12.8. The van der Waals surface area contributed by atoms with Crippen LogP contribution in [-0.4, -0.2) is 76.8 Å². The van der Waals surface area contributed by atoms with E-state index in [0.29, 0.717) is 30.6 Å². The molecule has 28 heavy (non-hydrogen) atoms. The van der Waals surface area contributed by atoms with Gasteiger partial charge in [-0.1, -0.05) is 6.07 Å². The Morgan fingerprint density at radius 1 is 1.18 bits per heavy atom. The van der Waals surface area contributed by atoms with Crippen LogP contribution >= 0.6 is 22.7 Å². The Morgan fingerprint density at radius 2 is 2.00 bits per heavy atom. The fourth-order valence-corrected chi connectivity index (χ4v) is 5.59. The molecule has 2 saturated heterocycles. The zero-order chi connectivity index (χ0) is 19.5. The molecule has 2 aliphatic rings. The highest BCUT2D eigenvalue weighted by Crippen LogP contribution is 2.29. The van der Waals surface area contributed by atoms with E-state index in [0.717, 1.165) is 42.4 Å². The average molecular weight is 419 g/mol. The van der Waals surface area contributed by atoms with Crippen molar-refractivity contribution in [3.63, 3.8) is 0 Å². The minimum atomic E-state index is 0.0518. The highest BCUT2D eigenvalue weighted by Gasteiger charge is 2.28. The maximum absolute atomic E-state index is 12.8. The fraction of sp³-hybridized carbons (Fsp3) is 0.550. The first kappa shape index (κ1) is 19.5. The summed E-state index contributed by atoms with van der Waals surface area (Å²) in [6.07, 6.45) is 5.13. The molecule has 8 heteroatoms. The Labute approximate surface area is 173 Å². The van der Waals surface area contributed by atoms with Crippen molar-refractivity contribution in [3.05, 3.63) is 28.6 Å². The summed E-state index contributed by atoms with van der Waals surface area (Å²) in [6.45, 7) is 6.31. The Kier molecular flexibility index (Phi) is 6.08. The summed E-state index contributed by atoms with van der Waals surface area (Å²) in [5.41, 5.74) is 0. The molecule has 2 amide bonds. The van der Waals surface area contributed by atoms with E-state index in [1.165, 1.54) is 17.8 Å². The fourth-order valence-electron chi connectivity index (χ4n) is 3.90. The van der Waals surface area contributed by atoms with Gasteiger partial charge in [0.1, 0.15) is 9.88 Å². The molecule has 6 nitrogen and oxygen atoms in total. The third kappa shape index (κ3) is 4.29. The van der Waals surface area contributed by atoms with Crippen molar-refractivity contribution in [2.24, 2.45) is 0 Å². The minimum absolute atomic E-state index is 0.0518. The predicted octanol–water partition coefficient (Wildman–Crippen LogP) is 3.03. The second kappa shape index (κ2) is 8.71. The zero-order valence-corrected chi connectivity index (χ0v) is 17.8. The van der Waals surface area contributed by atoms with Crippen molar-refractivity contribution in [2.75, 3.05) is 39.3 Å². The lowest BCUT2D eigenvalue weighted by Crippen LogP contribution is -2.53. The van der Waals surface area contributed by atoms with Crippen LogP contribution in [0.4, 0.5) is 0 Å². The largest absolute Gasteiger partial charge is 0.339 e. The molecule has 0 radical (unpaired) electrons. The van der Waals surface area contributed by atoms with Crippen LogP contribution in [0.2, 0.25) is 0 Å². The molecule has 0 N–H and O–H groups in total. The molecule has 0 aliphatic carbocycles. The summed E-state index contributed by atoms with van der Waals surface area (Å²) in [5, 5.41) is 2.92. The van der Waals surface area contributed by atoms with Gasteiger partial charge < -0.3 is 9.80 Å². The molecule has 2 aliphatic heterocycles. The molecule has 4 rings (SSSR count). The zero-order valence-electron chi connectivity index (χ0n) is 16.2. The van der Waals surface area contributed by atoms with Crippen molar-refractivity contribution < 1.29 is 9.59 Å². The van der Waals surface area contributed by atoms with E-state index in [1.807, 2.05) is 27.3 Å². The third-order valence-corrected chi connectivity index (χ3v) is 7.61. The number of thiophene rings is 1. The van der Waals surface area contributed by atoms with E-state index < -0.39 is 0 Å². The maximum Gasteiger partial charge on any atom is 0.265 e. The molecule has 4 heterocycles. The number of nitrogens with zero attached hydrogens (tertiary/aromatic N) is 4. The predicted molar refractivity (Wildman–Crippen MR) is 113 cm³/mol. The molecule has 2 fully saturated rings. The van der Waals surface area contributed by atoms with E-state index in [2.05, 4.69) is 16.8 Å². The smallest absolute Gasteiger partial charge is 0.265 e. The molecule has 0 bridgehead atoms. The number of carbonyl (C=O) groups excluding carboxylic acids is 2. The summed E-state index contributed by atoms with van der Waals surface area (Å²) >= 11 is 3.09. The third-order valence-electron chi connectivity index (χ3n) is 5.59. The number of thiazole rings is 1. The van der Waals surface area contributed by atoms with Crippen LogP contribution in [0.15, 0.2) is 23.7 Å². The van der Waals surface area contributed by atoms with Gasteiger partial charge in [0, 0.05) is 38.8 Å². The van der Waals surface area contributed by atoms with Gasteiger partial charge >= 0.3 is 0 Å². The van der Waals surface area contributed by atoms with Crippen LogP contribution in [-0.2, 0) is 4.79 Å². The number of piperazine rings is 1. The van der Waals surface area contributed by atoms with Crippen LogP contribution in [0, 0.1) is 0 Å². The standard InChI is InChI=1S/C20H26N4O2S2/c1-15-5-2-3-7-24(15)18(25)14-22-8-10-23(11-9-22)20(26)17-13-21-19(28-17)16-6-4-12-27-16/h4,6,12-13,15H,2-3,5,7-11,14H2,1H3. The Bertz CT molecular complexity index is 812. The van der Waals surface area contributed by atoms with Gasteiger partial charge in [-0.05, 0) is 37.6 Å². The molecule has 150 valence electrons. The number of aromatic nitrogens is 1. The van der Waals surface area contributed by atoms with E-state index in [-0.39, 0.29) is 11.8 Å². The first-order valence-electron chi connectivity index (χ1n) is 9.92. The lowest BCUT2D eigenvalue weighted by atomic mass is 10.0. The molecule has 0 aromatic carbocycles. The summed E-state index contributed by atoms with van der Waals surface area (Å²) < 4.78 is 0. The van der Waals surface area contributed by atoms with Crippen molar-refractivity contribution in [1.29, 1.82) is 0 Å². The van der Waals surface area contributed by atoms with Crippen molar-refractivity contribution >= 4 is 34.5 Å². The summed E-state index contributed by atoms with van der Waals surface area (Å²) in [6, 6.07) is 4.37.